The summed E-state index contributed by atoms with van der Waals surface area (Å²) in [6, 6.07) is 3.87. The Labute approximate surface area is 117 Å². The molecular formula is C13H16FNO4S. The van der Waals surface area contributed by atoms with Crippen LogP contribution in [0.1, 0.15) is 18.9 Å². The van der Waals surface area contributed by atoms with Crippen molar-refractivity contribution in [1.82, 2.24) is 4.31 Å². The van der Waals surface area contributed by atoms with Gasteiger partial charge in [0.1, 0.15) is 5.82 Å². The normalized spacial score (nSPS) is 23.9. The highest BCUT2D eigenvalue weighted by Crippen LogP contribution is 2.34. The summed E-state index contributed by atoms with van der Waals surface area (Å²) in [5, 5.41) is 9.14. The van der Waals surface area contributed by atoms with Gasteiger partial charge in [-0.3, -0.25) is 4.79 Å². The lowest BCUT2D eigenvalue weighted by atomic mass is 9.90. The van der Waals surface area contributed by atoms with Crippen LogP contribution in [-0.2, 0) is 14.8 Å². The Kier molecular flexibility index (Phi) is 3.60. The molecule has 1 unspecified atom stereocenters. The standard InChI is InChI=1S/C13H16FNO4S/c1-9-10(14)4-3-5-11(9)20(18,19)15-7-6-13(2,8-15)12(16)17/h3-5H,6-8H2,1-2H3,(H,16,17). The van der Waals surface area contributed by atoms with E-state index < -0.39 is 27.2 Å². The van der Waals surface area contributed by atoms with Gasteiger partial charge in [0.05, 0.1) is 10.3 Å². The van der Waals surface area contributed by atoms with Crippen molar-refractivity contribution in [2.75, 3.05) is 13.1 Å². The van der Waals surface area contributed by atoms with Crippen LogP contribution in [-0.4, -0.2) is 36.9 Å². The third-order valence-corrected chi connectivity index (χ3v) is 5.78. The summed E-state index contributed by atoms with van der Waals surface area (Å²) in [5.74, 6) is -1.61. The summed E-state index contributed by atoms with van der Waals surface area (Å²) in [6.07, 6.45) is 0.246. The van der Waals surface area contributed by atoms with Crippen LogP contribution in [0.2, 0.25) is 0 Å². The summed E-state index contributed by atoms with van der Waals surface area (Å²) < 4.78 is 39.6. The molecule has 1 saturated heterocycles. The second-order valence-electron chi connectivity index (χ2n) is 5.32. The molecule has 2 rings (SSSR count). The monoisotopic (exact) mass is 301 g/mol. The van der Waals surface area contributed by atoms with Gasteiger partial charge in [0.25, 0.3) is 0 Å². The van der Waals surface area contributed by atoms with Gasteiger partial charge in [-0.1, -0.05) is 6.07 Å². The first-order chi connectivity index (χ1) is 9.18. The zero-order chi connectivity index (χ0) is 15.1. The minimum absolute atomic E-state index is 0.0522. The molecule has 1 aliphatic heterocycles. The highest BCUT2D eigenvalue weighted by Gasteiger charge is 2.45. The molecule has 1 aromatic rings. The summed E-state index contributed by atoms with van der Waals surface area (Å²) in [6.45, 7) is 2.94. The highest BCUT2D eigenvalue weighted by molar-refractivity contribution is 7.89. The Morgan fingerprint density at radius 2 is 2.10 bits per heavy atom. The molecule has 0 aliphatic carbocycles. The Morgan fingerprint density at radius 3 is 2.65 bits per heavy atom. The third-order valence-electron chi connectivity index (χ3n) is 3.79. The molecule has 0 spiro atoms. The first-order valence-electron chi connectivity index (χ1n) is 6.17. The molecule has 7 heteroatoms. The van der Waals surface area contributed by atoms with Crippen LogP contribution in [0.3, 0.4) is 0 Å². The molecule has 110 valence electrons. The zero-order valence-corrected chi connectivity index (χ0v) is 12.1. The van der Waals surface area contributed by atoms with Crippen LogP contribution in [0.4, 0.5) is 4.39 Å². The Bertz CT molecular complexity index is 658. The van der Waals surface area contributed by atoms with Crippen molar-refractivity contribution in [3.8, 4) is 0 Å². The maximum Gasteiger partial charge on any atom is 0.310 e. The van der Waals surface area contributed by atoms with Crippen molar-refractivity contribution in [3.63, 3.8) is 0 Å². The molecular weight excluding hydrogens is 285 g/mol. The van der Waals surface area contributed by atoms with Crippen LogP contribution in [0.5, 0.6) is 0 Å². The van der Waals surface area contributed by atoms with Gasteiger partial charge in [-0.15, -0.1) is 0 Å². The molecule has 5 nitrogen and oxygen atoms in total. The van der Waals surface area contributed by atoms with Crippen LogP contribution >= 0.6 is 0 Å². The SMILES string of the molecule is Cc1c(F)cccc1S(=O)(=O)N1CCC(C)(C(=O)O)C1. The number of sulfonamides is 1. The van der Waals surface area contributed by atoms with Crippen LogP contribution < -0.4 is 0 Å². The van der Waals surface area contributed by atoms with E-state index in [1.54, 1.807) is 0 Å². The van der Waals surface area contributed by atoms with E-state index in [1.807, 2.05) is 0 Å². The van der Waals surface area contributed by atoms with E-state index >= 15 is 0 Å². The Hall–Kier alpha value is -1.47. The number of aliphatic carboxylic acids is 1. The van der Waals surface area contributed by atoms with E-state index in [0.29, 0.717) is 0 Å². The molecule has 1 aliphatic rings. The summed E-state index contributed by atoms with van der Waals surface area (Å²) in [7, 11) is -3.87. The molecule has 0 bridgehead atoms. The lowest BCUT2D eigenvalue weighted by Gasteiger charge is -2.20. The predicted octanol–water partition coefficient (Wildman–Crippen LogP) is 1.62. The van der Waals surface area contributed by atoms with E-state index in [2.05, 4.69) is 0 Å². The number of hydrogen-bond donors (Lipinski definition) is 1. The lowest BCUT2D eigenvalue weighted by Crippen LogP contribution is -2.35. The molecule has 1 fully saturated rings. The van der Waals surface area contributed by atoms with Gasteiger partial charge in [0.2, 0.25) is 10.0 Å². The fraction of sp³-hybridized carbons (Fsp3) is 0.462. The molecule has 0 amide bonds. The number of benzene rings is 1. The van der Waals surface area contributed by atoms with Crippen LogP contribution in [0, 0.1) is 18.2 Å². The first-order valence-corrected chi connectivity index (χ1v) is 7.61. The van der Waals surface area contributed by atoms with Crippen LogP contribution in [0.15, 0.2) is 23.1 Å². The summed E-state index contributed by atoms with van der Waals surface area (Å²) >= 11 is 0. The molecule has 0 aromatic heterocycles. The molecule has 0 saturated carbocycles. The molecule has 1 atom stereocenters. The number of carboxylic acids is 1. The fourth-order valence-corrected chi connectivity index (χ4v) is 4.10. The molecule has 1 N–H and O–H groups in total. The number of nitrogens with zero attached hydrogens (tertiary/aromatic N) is 1. The van der Waals surface area contributed by atoms with Crippen molar-refractivity contribution in [1.29, 1.82) is 0 Å². The van der Waals surface area contributed by atoms with Gasteiger partial charge < -0.3 is 5.11 Å². The van der Waals surface area contributed by atoms with Crippen LogP contribution in [0.25, 0.3) is 0 Å². The maximum absolute atomic E-state index is 13.5. The number of carbonyl (C=O) groups is 1. The van der Waals surface area contributed by atoms with Crippen molar-refractivity contribution >= 4 is 16.0 Å². The molecule has 1 heterocycles. The quantitative estimate of drug-likeness (QED) is 0.920. The zero-order valence-electron chi connectivity index (χ0n) is 11.3. The Morgan fingerprint density at radius 1 is 1.45 bits per heavy atom. The smallest absolute Gasteiger partial charge is 0.310 e. The van der Waals surface area contributed by atoms with Gasteiger partial charge in [-0.2, -0.15) is 4.31 Å². The maximum atomic E-state index is 13.5. The van der Waals surface area contributed by atoms with E-state index in [0.717, 1.165) is 4.31 Å². The second-order valence-corrected chi connectivity index (χ2v) is 7.22. The Balaban J connectivity index is 2.38. The van der Waals surface area contributed by atoms with Gasteiger partial charge in [-0.05, 0) is 32.4 Å². The second kappa shape index (κ2) is 4.82. The number of halogens is 1. The van der Waals surface area contributed by atoms with Gasteiger partial charge in [-0.25, -0.2) is 12.8 Å². The highest BCUT2D eigenvalue weighted by atomic mass is 32.2. The van der Waals surface area contributed by atoms with Gasteiger partial charge in [0, 0.05) is 18.7 Å². The first kappa shape index (κ1) is 14.9. The molecule has 20 heavy (non-hydrogen) atoms. The number of hydrogen-bond acceptors (Lipinski definition) is 3. The van der Waals surface area contributed by atoms with Crippen molar-refractivity contribution in [3.05, 3.63) is 29.6 Å². The average Bonchev–Trinajstić information content (AvgIpc) is 2.77. The van der Waals surface area contributed by atoms with E-state index in [-0.39, 0.29) is 30.0 Å². The number of rotatable bonds is 3. The third kappa shape index (κ3) is 2.31. The minimum Gasteiger partial charge on any atom is -0.481 e. The van der Waals surface area contributed by atoms with Crippen molar-refractivity contribution in [2.24, 2.45) is 5.41 Å². The summed E-state index contributed by atoms with van der Waals surface area (Å²) in [4.78, 5) is 11.1. The van der Waals surface area contributed by atoms with E-state index in [4.69, 9.17) is 5.11 Å². The summed E-state index contributed by atoms with van der Waals surface area (Å²) in [5.41, 5.74) is -1.04. The van der Waals surface area contributed by atoms with Gasteiger partial charge >= 0.3 is 5.97 Å². The molecule has 1 aromatic carbocycles. The average molecular weight is 301 g/mol. The van der Waals surface area contributed by atoms with Crippen molar-refractivity contribution < 1.29 is 22.7 Å². The number of carboxylic acid groups (broad SMARTS) is 1. The van der Waals surface area contributed by atoms with Gasteiger partial charge in [0.15, 0.2) is 0 Å². The fourth-order valence-electron chi connectivity index (χ4n) is 2.30. The predicted molar refractivity (Wildman–Crippen MR) is 70.3 cm³/mol. The largest absolute Gasteiger partial charge is 0.481 e. The topological polar surface area (TPSA) is 74.7 Å². The minimum atomic E-state index is -3.87. The van der Waals surface area contributed by atoms with E-state index in [9.17, 15) is 17.6 Å². The molecule has 0 radical (unpaired) electrons. The lowest BCUT2D eigenvalue weighted by molar-refractivity contribution is -0.146. The van der Waals surface area contributed by atoms with E-state index in [1.165, 1.54) is 32.0 Å². The van der Waals surface area contributed by atoms with Crippen molar-refractivity contribution in [2.45, 2.75) is 25.2 Å².